The summed E-state index contributed by atoms with van der Waals surface area (Å²) in [5.41, 5.74) is 2.85. The maximum absolute atomic E-state index is 12.3. The monoisotopic (exact) mass is 477 g/mol. The number of halogens is 1. The zero-order valence-electron chi connectivity index (χ0n) is 18.6. The largest absolute Gasteiger partial charge is 0.352 e. The molecule has 1 heterocycles. The number of nitrogens with zero attached hydrogens (tertiary/aromatic N) is 2. The second kappa shape index (κ2) is 11.7. The molecule has 32 heavy (non-hydrogen) atoms. The van der Waals surface area contributed by atoms with Crippen LogP contribution < -0.4 is 9.62 Å². The summed E-state index contributed by atoms with van der Waals surface area (Å²) in [5, 5.41) is 3.42. The van der Waals surface area contributed by atoms with Crippen LogP contribution in [0.3, 0.4) is 0 Å². The van der Waals surface area contributed by atoms with E-state index in [0.29, 0.717) is 23.7 Å². The van der Waals surface area contributed by atoms with Gasteiger partial charge in [-0.2, -0.15) is 0 Å². The van der Waals surface area contributed by atoms with Crippen LogP contribution in [-0.4, -0.2) is 45.1 Å². The van der Waals surface area contributed by atoms with Gasteiger partial charge in [-0.3, -0.25) is 14.0 Å². The third-order valence-corrected chi connectivity index (χ3v) is 7.03. The Balaban J connectivity index is 1.47. The molecule has 0 aromatic heterocycles. The van der Waals surface area contributed by atoms with Gasteiger partial charge in [-0.25, -0.2) is 8.42 Å². The Labute approximate surface area is 196 Å². The molecule has 2 aromatic rings. The molecule has 1 N–H and O–H groups in total. The Morgan fingerprint density at radius 1 is 1.06 bits per heavy atom. The van der Waals surface area contributed by atoms with E-state index in [2.05, 4.69) is 22.3 Å². The highest BCUT2D eigenvalue weighted by Gasteiger charge is 2.18. The van der Waals surface area contributed by atoms with Gasteiger partial charge in [-0.1, -0.05) is 48.4 Å². The second-order valence-corrected chi connectivity index (χ2v) is 10.7. The van der Waals surface area contributed by atoms with Gasteiger partial charge in [-0.05, 0) is 61.7 Å². The summed E-state index contributed by atoms with van der Waals surface area (Å²) in [5.74, 6) is -0.0917. The number of likely N-dealkylation sites (tertiary alicyclic amines) is 1. The van der Waals surface area contributed by atoms with Crippen LogP contribution in [0, 0.1) is 0 Å². The van der Waals surface area contributed by atoms with Crippen molar-refractivity contribution in [2.24, 2.45) is 0 Å². The molecular weight excluding hydrogens is 446 g/mol. The molecule has 0 bridgehead atoms. The average Bonchev–Trinajstić information content (AvgIpc) is 2.75. The first kappa shape index (κ1) is 24.6. The van der Waals surface area contributed by atoms with Crippen molar-refractivity contribution < 1.29 is 13.2 Å². The molecule has 1 aliphatic heterocycles. The highest BCUT2D eigenvalue weighted by atomic mass is 35.5. The number of piperidine rings is 1. The van der Waals surface area contributed by atoms with Crippen LogP contribution in [0.15, 0.2) is 48.5 Å². The highest BCUT2D eigenvalue weighted by molar-refractivity contribution is 7.92. The van der Waals surface area contributed by atoms with Crippen LogP contribution in [0.4, 0.5) is 5.69 Å². The lowest BCUT2D eigenvalue weighted by molar-refractivity contribution is -0.121. The summed E-state index contributed by atoms with van der Waals surface area (Å²) in [6.07, 6.45) is 5.68. The predicted molar refractivity (Wildman–Crippen MR) is 130 cm³/mol. The molecule has 8 heteroatoms. The van der Waals surface area contributed by atoms with E-state index in [4.69, 9.17) is 11.6 Å². The number of carbonyl (C=O) groups excluding carboxylic acids is 1. The number of hydrogen-bond acceptors (Lipinski definition) is 4. The lowest BCUT2D eigenvalue weighted by Crippen LogP contribution is -2.32. The SMILES string of the molecule is CS(=O)(=O)N(CCCC(=O)NCc1cccc(CN2CCCCC2)c1)c1cccc(Cl)c1. The third-order valence-electron chi connectivity index (χ3n) is 5.60. The predicted octanol–water partition coefficient (Wildman–Crippen LogP) is 4.19. The Hall–Kier alpha value is -2.09. The smallest absolute Gasteiger partial charge is 0.232 e. The number of nitrogens with one attached hydrogen (secondary N) is 1. The summed E-state index contributed by atoms with van der Waals surface area (Å²) < 4.78 is 25.7. The standard InChI is InChI=1S/C24H32ClN3O3S/c1-32(30,31)28(23-11-6-10-22(25)17-23)15-7-12-24(29)26-18-20-8-5-9-21(16-20)19-27-13-3-2-4-14-27/h5-6,8-11,16-17H,2-4,7,12-15,18-19H2,1H3,(H,26,29). The number of carbonyl (C=O) groups is 1. The zero-order valence-corrected chi connectivity index (χ0v) is 20.2. The van der Waals surface area contributed by atoms with Crippen LogP contribution in [0.5, 0.6) is 0 Å². The first-order valence-corrected chi connectivity index (χ1v) is 13.3. The molecule has 1 saturated heterocycles. The van der Waals surface area contributed by atoms with E-state index in [1.165, 1.54) is 29.1 Å². The fraction of sp³-hybridized carbons (Fsp3) is 0.458. The van der Waals surface area contributed by atoms with Crippen molar-refractivity contribution in [1.29, 1.82) is 0 Å². The number of benzene rings is 2. The van der Waals surface area contributed by atoms with E-state index in [-0.39, 0.29) is 18.9 Å². The number of sulfonamides is 1. The van der Waals surface area contributed by atoms with E-state index in [9.17, 15) is 13.2 Å². The van der Waals surface area contributed by atoms with Crippen molar-refractivity contribution in [2.45, 2.75) is 45.2 Å². The van der Waals surface area contributed by atoms with Crippen molar-refractivity contribution in [3.63, 3.8) is 0 Å². The fourth-order valence-corrected chi connectivity index (χ4v) is 5.15. The maximum atomic E-state index is 12.3. The molecule has 174 valence electrons. The Bertz CT molecular complexity index is 1010. The molecule has 1 fully saturated rings. The summed E-state index contributed by atoms with van der Waals surface area (Å²) in [7, 11) is -3.47. The minimum absolute atomic E-state index is 0.0917. The summed E-state index contributed by atoms with van der Waals surface area (Å²) >= 11 is 6.00. The first-order chi connectivity index (χ1) is 15.3. The third kappa shape index (κ3) is 7.80. The molecule has 0 saturated carbocycles. The van der Waals surface area contributed by atoms with Crippen LogP contribution in [0.2, 0.25) is 5.02 Å². The van der Waals surface area contributed by atoms with E-state index >= 15 is 0 Å². The summed E-state index contributed by atoms with van der Waals surface area (Å²) in [4.78, 5) is 14.8. The number of anilines is 1. The van der Waals surface area contributed by atoms with Gasteiger partial charge in [0.25, 0.3) is 0 Å². The molecule has 0 unspecified atom stereocenters. The van der Waals surface area contributed by atoms with Gasteiger partial charge < -0.3 is 5.32 Å². The molecule has 6 nitrogen and oxygen atoms in total. The van der Waals surface area contributed by atoms with E-state index in [0.717, 1.165) is 31.5 Å². The van der Waals surface area contributed by atoms with Crippen LogP contribution in [-0.2, 0) is 27.9 Å². The number of rotatable bonds is 10. The molecule has 2 aromatic carbocycles. The van der Waals surface area contributed by atoms with Crippen molar-refractivity contribution in [2.75, 3.05) is 30.2 Å². The first-order valence-electron chi connectivity index (χ1n) is 11.1. The number of amides is 1. The van der Waals surface area contributed by atoms with Crippen molar-refractivity contribution in [1.82, 2.24) is 10.2 Å². The minimum atomic E-state index is -3.47. The molecule has 0 aliphatic carbocycles. The zero-order chi connectivity index (χ0) is 23.0. The molecule has 0 atom stereocenters. The normalized spacial score (nSPS) is 14.8. The number of hydrogen-bond donors (Lipinski definition) is 1. The summed E-state index contributed by atoms with van der Waals surface area (Å²) in [6, 6.07) is 15.1. The van der Waals surface area contributed by atoms with Gasteiger partial charge in [0.2, 0.25) is 15.9 Å². The van der Waals surface area contributed by atoms with Gasteiger partial charge in [0.05, 0.1) is 11.9 Å². The topological polar surface area (TPSA) is 69.7 Å². The van der Waals surface area contributed by atoms with Crippen molar-refractivity contribution in [3.8, 4) is 0 Å². The molecule has 1 aliphatic rings. The van der Waals surface area contributed by atoms with E-state index < -0.39 is 10.0 Å². The maximum Gasteiger partial charge on any atom is 0.232 e. The lowest BCUT2D eigenvalue weighted by Gasteiger charge is -2.26. The molecule has 3 rings (SSSR count). The molecular formula is C24H32ClN3O3S. The minimum Gasteiger partial charge on any atom is -0.352 e. The van der Waals surface area contributed by atoms with Gasteiger partial charge in [-0.15, -0.1) is 0 Å². The molecule has 0 radical (unpaired) electrons. The summed E-state index contributed by atoms with van der Waals surface area (Å²) in [6.45, 7) is 3.95. The van der Waals surface area contributed by atoms with Crippen LogP contribution >= 0.6 is 11.6 Å². The molecule has 0 spiro atoms. The highest BCUT2D eigenvalue weighted by Crippen LogP contribution is 2.22. The van der Waals surface area contributed by atoms with E-state index in [1.807, 2.05) is 12.1 Å². The molecule has 1 amide bonds. The van der Waals surface area contributed by atoms with Crippen LogP contribution in [0.1, 0.15) is 43.2 Å². The second-order valence-electron chi connectivity index (χ2n) is 8.35. The Morgan fingerprint density at radius 2 is 1.78 bits per heavy atom. The van der Waals surface area contributed by atoms with Gasteiger partial charge in [0.1, 0.15) is 0 Å². The van der Waals surface area contributed by atoms with Gasteiger partial charge in [0.15, 0.2) is 0 Å². The van der Waals surface area contributed by atoms with Crippen molar-refractivity contribution >= 4 is 33.2 Å². The van der Waals surface area contributed by atoms with E-state index in [1.54, 1.807) is 24.3 Å². The Kier molecular flexibility index (Phi) is 8.96. The fourth-order valence-electron chi connectivity index (χ4n) is 4.00. The van der Waals surface area contributed by atoms with Crippen molar-refractivity contribution in [3.05, 3.63) is 64.7 Å². The average molecular weight is 478 g/mol. The Morgan fingerprint density at radius 3 is 2.50 bits per heavy atom. The van der Waals surface area contributed by atoms with Gasteiger partial charge >= 0.3 is 0 Å². The van der Waals surface area contributed by atoms with Crippen LogP contribution in [0.25, 0.3) is 0 Å². The lowest BCUT2D eigenvalue weighted by atomic mass is 10.1. The quantitative estimate of drug-likeness (QED) is 0.557. The van der Waals surface area contributed by atoms with Gasteiger partial charge in [0, 0.05) is 31.1 Å².